The minimum absolute atomic E-state index is 0.166. The van der Waals surface area contributed by atoms with E-state index in [1.807, 2.05) is 13.1 Å². The molecule has 1 unspecified atom stereocenters. The second kappa shape index (κ2) is 5.14. The Balaban J connectivity index is 2.08. The van der Waals surface area contributed by atoms with Gasteiger partial charge in [0.25, 0.3) is 5.69 Å². The van der Waals surface area contributed by atoms with Crippen LogP contribution in [0.5, 0.6) is 0 Å². The summed E-state index contributed by atoms with van der Waals surface area (Å²) < 4.78 is 0. The molecule has 0 radical (unpaired) electrons. The molecule has 1 heterocycles. The van der Waals surface area contributed by atoms with Crippen LogP contribution in [0.15, 0.2) is 24.3 Å². The maximum Gasteiger partial charge on any atom is 0.271 e. The van der Waals surface area contributed by atoms with Gasteiger partial charge in [-0.3, -0.25) is 10.1 Å². The molecule has 5 nitrogen and oxygen atoms in total. The van der Waals surface area contributed by atoms with Crippen LogP contribution < -0.4 is 10.2 Å². The SMILES string of the molecule is CNCC1CCN(c2cccc([N+](=O)[O-])c2)C1. The maximum absolute atomic E-state index is 10.7. The lowest BCUT2D eigenvalue weighted by atomic mass is 10.1. The van der Waals surface area contributed by atoms with Gasteiger partial charge >= 0.3 is 0 Å². The molecule has 17 heavy (non-hydrogen) atoms. The van der Waals surface area contributed by atoms with E-state index in [2.05, 4.69) is 10.2 Å². The van der Waals surface area contributed by atoms with Crippen LogP contribution in [0.2, 0.25) is 0 Å². The van der Waals surface area contributed by atoms with Crippen LogP contribution in [0.4, 0.5) is 11.4 Å². The normalized spacial score (nSPS) is 19.6. The third-order valence-electron chi connectivity index (χ3n) is 3.18. The summed E-state index contributed by atoms with van der Waals surface area (Å²) >= 11 is 0. The number of non-ortho nitro benzene ring substituents is 1. The molecule has 1 atom stereocenters. The monoisotopic (exact) mass is 235 g/mol. The summed E-state index contributed by atoms with van der Waals surface area (Å²) in [6.07, 6.45) is 1.14. The van der Waals surface area contributed by atoms with Gasteiger partial charge in [-0.2, -0.15) is 0 Å². The molecule has 1 fully saturated rings. The first-order valence-electron chi connectivity index (χ1n) is 5.84. The highest BCUT2D eigenvalue weighted by Crippen LogP contribution is 2.26. The zero-order chi connectivity index (χ0) is 12.3. The van der Waals surface area contributed by atoms with E-state index in [9.17, 15) is 10.1 Å². The summed E-state index contributed by atoms with van der Waals surface area (Å²) in [5.74, 6) is 0.638. The highest BCUT2D eigenvalue weighted by atomic mass is 16.6. The predicted molar refractivity (Wildman–Crippen MR) is 67.3 cm³/mol. The Hall–Kier alpha value is -1.62. The van der Waals surface area contributed by atoms with Gasteiger partial charge in [0.2, 0.25) is 0 Å². The first-order chi connectivity index (χ1) is 8.20. The second-order valence-corrected chi connectivity index (χ2v) is 4.44. The Morgan fingerprint density at radius 2 is 2.41 bits per heavy atom. The summed E-state index contributed by atoms with van der Waals surface area (Å²) in [5.41, 5.74) is 1.12. The minimum atomic E-state index is -0.343. The van der Waals surface area contributed by atoms with Crippen molar-refractivity contribution in [3.63, 3.8) is 0 Å². The number of hydrogen-bond donors (Lipinski definition) is 1. The average Bonchev–Trinajstić information content (AvgIpc) is 2.78. The Kier molecular flexibility index (Phi) is 3.58. The quantitative estimate of drug-likeness (QED) is 0.636. The molecule has 1 N–H and O–H groups in total. The molecule has 1 aromatic rings. The summed E-state index contributed by atoms with van der Waals surface area (Å²) in [6.45, 7) is 2.96. The number of anilines is 1. The van der Waals surface area contributed by atoms with Crippen molar-refractivity contribution in [2.24, 2.45) is 5.92 Å². The molecule has 92 valence electrons. The van der Waals surface area contributed by atoms with E-state index < -0.39 is 0 Å². The van der Waals surface area contributed by atoms with Gasteiger partial charge in [0.05, 0.1) is 4.92 Å². The number of nitrogens with zero attached hydrogens (tertiary/aromatic N) is 2. The molecule has 0 aliphatic carbocycles. The fourth-order valence-corrected chi connectivity index (χ4v) is 2.33. The molecule has 1 saturated heterocycles. The van der Waals surface area contributed by atoms with Gasteiger partial charge in [-0.25, -0.2) is 0 Å². The predicted octanol–water partition coefficient (Wildman–Crippen LogP) is 1.64. The van der Waals surface area contributed by atoms with Gasteiger partial charge in [0.1, 0.15) is 0 Å². The highest BCUT2D eigenvalue weighted by Gasteiger charge is 2.22. The molecular weight excluding hydrogens is 218 g/mol. The van der Waals surface area contributed by atoms with Crippen LogP contribution in [0.1, 0.15) is 6.42 Å². The van der Waals surface area contributed by atoms with Crippen molar-refractivity contribution in [2.45, 2.75) is 6.42 Å². The van der Waals surface area contributed by atoms with Crippen LogP contribution in [0, 0.1) is 16.0 Å². The van der Waals surface area contributed by atoms with Gasteiger partial charge in [-0.15, -0.1) is 0 Å². The third kappa shape index (κ3) is 2.74. The molecule has 1 aromatic carbocycles. The largest absolute Gasteiger partial charge is 0.371 e. The van der Waals surface area contributed by atoms with E-state index in [1.165, 1.54) is 6.07 Å². The molecular formula is C12H17N3O2. The second-order valence-electron chi connectivity index (χ2n) is 4.44. The molecule has 0 spiro atoms. The Morgan fingerprint density at radius 1 is 1.59 bits per heavy atom. The lowest BCUT2D eigenvalue weighted by Gasteiger charge is -2.18. The molecule has 1 aliphatic rings. The van der Waals surface area contributed by atoms with Crippen LogP contribution in [-0.4, -0.2) is 31.6 Å². The Morgan fingerprint density at radius 3 is 3.12 bits per heavy atom. The van der Waals surface area contributed by atoms with Crippen molar-refractivity contribution in [3.8, 4) is 0 Å². The van der Waals surface area contributed by atoms with E-state index in [1.54, 1.807) is 12.1 Å². The Bertz CT molecular complexity index is 408. The number of nitro groups is 1. The number of benzene rings is 1. The molecule has 0 bridgehead atoms. The van der Waals surface area contributed by atoms with Crippen molar-refractivity contribution in [3.05, 3.63) is 34.4 Å². The van der Waals surface area contributed by atoms with Crippen molar-refractivity contribution < 1.29 is 4.92 Å². The van der Waals surface area contributed by atoms with Gasteiger partial charge in [0, 0.05) is 30.9 Å². The topological polar surface area (TPSA) is 58.4 Å². The van der Waals surface area contributed by atoms with Gasteiger partial charge in [0.15, 0.2) is 0 Å². The summed E-state index contributed by atoms with van der Waals surface area (Å²) in [4.78, 5) is 12.6. The smallest absolute Gasteiger partial charge is 0.271 e. The molecule has 0 saturated carbocycles. The molecule has 0 amide bonds. The zero-order valence-corrected chi connectivity index (χ0v) is 9.93. The van der Waals surface area contributed by atoms with E-state index in [4.69, 9.17) is 0 Å². The van der Waals surface area contributed by atoms with Crippen molar-refractivity contribution in [1.82, 2.24) is 5.32 Å². The third-order valence-corrected chi connectivity index (χ3v) is 3.18. The first-order valence-corrected chi connectivity index (χ1v) is 5.84. The van der Waals surface area contributed by atoms with Crippen molar-refractivity contribution in [1.29, 1.82) is 0 Å². The average molecular weight is 235 g/mol. The highest BCUT2D eigenvalue weighted by molar-refractivity contribution is 5.53. The van der Waals surface area contributed by atoms with Gasteiger partial charge in [-0.05, 0) is 32.0 Å². The number of hydrogen-bond acceptors (Lipinski definition) is 4. The Labute approximate surface area is 101 Å². The lowest BCUT2D eigenvalue weighted by Crippen LogP contribution is -2.24. The summed E-state index contributed by atoms with van der Waals surface area (Å²) in [7, 11) is 1.95. The summed E-state index contributed by atoms with van der Waals surface area (Å²) in [6, 6.07) is 6.88. The fourth-order valence-electron chi connectivity index (χ4n) is 2.33. The van der Waals surface area contributed by atoms with Crippen LogP contribution >= 0.6 is 0 Å². The van der Waals surface area contributed by atoms with Crippen molar-refractivity contribution >= 4 is 11.4 Å². The maximum atomic E-state index is 10.7. The number of nitrogens with one attached hydrogen (secondary N) is 1. The zero-order valence-electron chi connectivity index (χ0n) is 9.93. The standard InChI is InChI=1S/C12H17N3O2/c1-13-8-10-5-6-14(9-10)11-3-2-4-12(7-11)15(16)17/h2-4,7,10,13H,5-6,8-9H2,1H3. The minimum Gasteiger partial charge on any atom is -0.371 e. The molecule has 0 aromatic heterocycles. The van der Waals surface area contributed by atoms with Gasteiger partial charge < -0.3 is 10.2 Å². The van der Waals surface area contributed by atoms with E-state index in [-0.39, 0.29) is 10.6 Å². The van der Waals surface area contributed by atoms with E-state index >= 15 is 0 Å². The molecule has 1 aliphatic heterocycles. The van der Waals surface area contributed by atoms with E-state index in [0.29, 0.717) is 5.92 Å². The van der Waals surface area contributed by atoms with Crippen LogP contribution in [0.3, 0.4) is 0 Å². The van der Waals surface area contributed by atoms with E-state index in [0.717, 1.165) is 31.7 Å². The van der Waals surface area contributed by atoms with Crippen molar-refractivity contribution in [2.75, 3.05) is 31.6 Å². The fraction of sp³-hybridized carbons (Fsp3) is 0.500. The number of nitro benzene ring substituents is 1. The molecule has 5 heteroatoms. The number of rotatable bonds is 4. The summed E-state index contributed by atoms with van der Waals surface area (Å²) in [5, 5.41) is 13.9. The van der Waals surface area contributed by atoms with Gasteiger partial charge in [-0.1, -0.05) is 6.07 Å². The van der Waals surface area contributed by atoms with Crippen LogP contribution in [0.25, 0.3) is 0 Å². The first kappa shape index (κ1) is 11.9. The lowest BCUT2D eigenvalue weighted by molar-refractivity contribution is -0.384. The van der Waals surface area contributed by atoms with Crippen LogP contribution in [-0.2, 0) is 0 Å². The molecule has 2 rings (SSSR count).